The number of carbonyl (C=O) groups excluding carboxylic acids is 4. The summed E-state index contributed by atoms with van der Waals surface area (Å²) in [6.07, 6.45) is 17.4. The van der Waals surface area contributed by atoms with Gasteiger partial charge in [-0.25, -0.2) is 9.69 Å². The molecule has 3 saturated heterocycles. The second-order valence-corrected chi connectivity index (χ2v) is 17.3. The molecule has 4 aliphatic carbocycles. The number of rotatable bonds is 12. The lowest BCUT2D eigenvalue weighted by Gasteiger charge is -2.54. The van der Waals surface area contributed by atoms with Crippen LogP contribution in [0.3, 0.4) is 0 Å². The van der Waals surface area contributed by atoms with Crippen LogP contribution in [-0.4, -0.2) is 115 Å². The number of nitrogens with one attached hydrogen (secondary N) is 1. The van der Waals surface area contributed by atoms with E-state index in [2.05, 4.69) is 16.8 Å². The van der Waals surface area contributed by atoms with Crippen molar-refractivity contribution >= 4 is 23.9 Å². The number of cyclic esters (lactones) is 1. The summed E-state index contributed by atoms with van der Waals surface area (Å²) in [6, 6.07) is -2.15. The van der Waals surface area contributed by atoms with Crippen molar-refractivity contribution in [2.75, 3.05) is 40.1 Å². The van der Waals surface area contributed by atoms with E-state index in [-0.39, 0.29) is 80.8 Å². The van der Waals surface area contributed by atoms with Crippen LogP contribution in [0, 0.1) is 35.0 Å². The molecule has 7 aliphatic rings. The zero-order valence-corrected chi connectivity index (χ0v) is 32.5. The molecule has 0 aromatic carbocycles. The Kier molecular flexibility index (Phi) is 13.0. The Balaban J connectivity index is 1.46. The molecule has 4 saturated carbocycles. The van der Waals surface area contributed by atoms with Crippen molar-refractivity contribution in [3.05, 3.63) is 12.7 Å². The van der Waals surface area contributed by atoms with E-state index < -0.39 is 47.4 Å². The molecule has 0 aromatic rings. The highest BCUT2D eigenvalue weighted by Crippen LogP contribution is 2.65. The summed E-state index contributed by atoms with van der Waals surface area (Å²) in [7, 11) is 1.54. The van der Waals surface area contributed by atoms with Gasteiger partial charge in [0.1, 0.15) is 18.8 Å². The number of methoxy groups -OCH3 is 1. The number of morpholine rings is 1. The summed E-state index contributed by atoms with van der Waals surface area (Å²) in [6.45, 7) is 4.29. The maximum absolute atomic E-state index is 16.0. The van der Waals surface area contributed by atoms with E-state index in [1.54, 1.807) is 6.08 Å². The van der Waals surface area contributed by atoms with Crippen LogP contribution < -0.4 is 5.32 Å². The molecule has 7 fully saturated rings. The molecule has 7 rings (SSSR count). The number of imide groups is 1. The molecule has 54 heavy (non-hydrogen) atoms. The summed E-state index contributed by atoms with van der Waals surface area (Å²) in [5, 5.41) is 13.0. The van der Waals surface area contributed by atoms with Crippen LogP contribution in [0.4, 0.5) is 4.79 Å². The number of aliphatic hydroxyl groups excluding tert-OH is 1. The van der Waals surface area contributed by atoms with Gasteiger partial charge in [-0.1, -0.05) is 70.3 Å². The fourth-order valence-corrected chi connectivity index (χ4v) is 12.8. The molecule has 3 aliphatic heterocycles. The number of hydrogen-bond donors (Lipinski definition) is 2. The van der Waals surface area contributed by atoms with E-state index >= 15 is 14.4 Å². The molecule has 302 valence electrons. The van der Waals surface area contributed by atoms with Gasteiger partial charge in [0.05, 0.1) is 43.3 Å². The highest BCUT2D eigenvalue weighted by atomic mass is 16.6. The summed E-state index contributed by atoms with van der Waals surface area (Å²) >= 11 is 0. The van der Waals surface area contributed by atoms with Crippen LogP contribution in [0.25, 0.3) is 0 Å². The van der Waals surface area contributed by atoms with E-state index in [9.17, 15) is 9.90 Å². The zero-order valence-electron chi connectivity index (χ0n) is 32.5. The van der Waals surface area contributed by atoms with Gasteiger partial charge < -0.3 is 29.4 Å². The van der Waals surface area contributed by atoms with Crippen LogP contribution in [0.15, 0.2) is 12.7 Å². The predicted molar refractivity (Wildman–Crippen MR) is 200 cm³/mol. The number of carbonyl (C=O) groups is 4. The van der Waals surface area contributed by atoms with Crippen molar-refractivity contribution < 1.29 is 43.2 Å². The van der Waals surface area contributed by atoms with E-state index in [4.69, 9.17) is 18.9 Å². The van der Waals surface area contributed by atoms with Crippen LogP contribution in [0.1, 0.15) is 116 Å². The largest absolute Gasteiger partial charge is 0.459 e. The van der Waals surface area contributed by atoms with Crippen molar-refractivity contribution in [2.24, 2.45) is 35.0 Å². The van der Waals surface area contributed by atoms with E-state index in [0.29, 0.717) is 12.8 Å². The number of likely N-dealkylation sites (tertiary alicyclic amines) is 1. The lowest BCUT2D eigenvalue weighted by Crippen LogP contribution is -2.66. The zero-order chi connectivity index (χ0) is 37.8. The van der Waals surface area contributed by atoms with Crippen molar-refractivity contribution in [2.45, 2.75) is 152 Å². The average molecular weight is 756 g/mol. The highest BCUT2D eigenvalue weighted by molar-refractivity contribution is 6.04. The molecular weight excluding hydrogens is 690 g/mol. The predicted octanol–water partition coefficient (Wildman–Crippen LogP) is 5.15. The maximum atomic E-state index is 16.0. The van der Waals surface area contributed by atoms with Gasteiger partial charge in [0.15, 0.2) is 0 Å². The Morgan fingerprint density at radius 3 is 2.26 bits per heavy atom. The number of nitrogens with zero attached hydrogens (tertiary/aromatic N) is 2. The quantitative estimate of drug-likeness (QED) is 0.156. The number of ether oxygens (including phenoxy) is 4. The summed E-state index contributed by atoms with van der Waals surface area (Å²) in [4.78, 5) is 64.0. The minimum atomic E-state index is -1.41. The molecule has 10 atom stereocenters. The van der Waals surface area contributed by atoms with Gasteiger partial charge in [0.2, 0.25) is 11.8 Å². The van der Waals surface area contributed by atoms with Crippen LogP contribution in [0.5, 0.6) is 0 Å². The van der Waals surface area contributed by atoms with Crippen molar-refractivity contribution in [3.8, 4) is 0 Å². The molecule has 0 aromatic heterocycles. The van der Waals surface area contributed by atoms with E-state index in [1.165, 1.54) is 24.9 Å². The maximum Gasteiger partial charge on any atom is 0.416 e. The van der Waals surface area contributed by atoms with Crippen molar-refractivity contribution in [1.82, 2.24) is 15.1 Å². The SMILES string of the molecule is C=CCNC(=O)[C@@H]1[C@H]2C(=O)O[C@H](C3CCCCC3)[C@H](C3CCCCC3)N2[C@H](C2CCCCC2OCCO)[C@@]12C(=O)N(C(=O)OCCOC)C1CCCCC12. The molecule has 1 spiro atoms. The topological polar surface area (TPSA) is 144 Å². The Morgan fingerprint density at radius 1 is 0.889 bits per heavy atom. The van der Waals surface area contributed by atoms with E-state index in [1.807, 2.05) is 0 Å². The lowest BCUT2D eigenvalue weighted by atomic mass is 9.56. The third kappa shape index (κ3) is 7.04. The van der Waals surface area contributed by atoms with Gasteiger partial charge in [0.25, 0.3) is 0 Å². The first-order valence-corrected chi connectivity index (χ1v) is 21.5. The first-order valence-electron chi connectivity index (χ1n) is 21.5. The van der Waals surface area contributed by atoms with Gasteiger partial charge in [-0.05, 0) is 69.1 Å². The monoisotopic (exact) mass is 755 g/mol. The third-order valence-corrected chi connectivity index (χ3v) is 14.6. The Morgan fingerprint density at radius 2 is 1.56 bits per heavy atom. The molecule has 12 nitrogen and oxygen atoms in total. The lowest BCUT2D eigenvalue weighted by molar-refractivity contribution is -0.193. The van der Waals surface area contributed by atoms with Crippen LogP contribution in [-0.2, 0) is 33.3 Å². The normalized spacial score (nSPS) is 37.8. The van der Waals surface area contributed by atoms with Crippen molar-refractivity contribution in [1.29, 1.82) is 0 Å². The van der Waals surface area contributed by atoms with Gasteiger partial charge in [0, 0.05) is 31.7 Å². The molecule has 0 radical (unpaired) electrons. The molecule has 12 heteroatoms. The van der Waals surface area contributed by atoms with Gasteiger partial charge >= 0.3 is 12.1 Å². The van der Waals surface area contributed by atoms with Crippen molar-refractivity contribution in [3.63, 3.8) is 0 Å². The molecule has 2 N–H and O–H groups in total. The molecular formula is C42H65N3O9. The molecule has 0 bridgehead atoms. The highest BCUT2D eigenvalue weighted by Gasteiger charge is 2.79. The fraction of sp³-hybridized carbons (Fsp3) is 0.857. The Hall–Kier alpha value is -2.54. The Bertz CT molecular complexity index is 1350. The number of fused-ring (bicyclic) bond motifs is 3. The second-order valence-electron chi connectivity index (χ2n) is 17.3. The number of amides is 3. The minimum Gasteiger partial charge on any atom is -0.459 e. The van der Waals surface area contributed by atoms with Crippen LogP contribution >= 0.6 is 0 Å². The molecule has 3 heterocycles. The van der Waals surface area contributed by atoms with Gasteiger partial charge in [-0.3, -0.25) is 19.3 Å². The standard InChI is InChI=1S/C42H65N3O9/c1-3-22-43-38(47)33-35-39(48)54-36(28-16-8-5-9-17-28)34(27-14-6-4-7-15-27)45(35)37(29-18-10-13-21-32(29)52-24-23-46)42(33)30-19-11-12-20-31(30)44(40(42)49)41(50)53-26-25-51-2/h3,27-37,46H,1,4-26H2,2H3,(H,43,47)/t29?,30?,31?,32?,33-,34-,35-,36+,37+,42-/m0/s1. The first kappa shape index (κ1) is 39.7. The summed E-state index contributed by atoms with van der Waals surface area (Å²) in [5.41, 5.74) is -1.41. The summed E-state index contributed by atoms with van der Waals surface area (Å²) < 4.78 is 24.2. The second kappa shape index (κ2) is 17.7. The number of hydrogen-bond acceptors (Lipinski definition) is 10. The number of esters is 1. The number of aliphatic hydroxyl groups is 1. The van der Waals surface area contributed by atoms with Gasteiger partial charge in [-0.2, -0.15) is 0 Å². The Labute approximate surface area is 321 Å². The average Bonchev–Trinajstić information content (AvgIpc) is 3.66. The minimum absolute atomic E-state index is 0.00375. The van der Waals surface area contributed by atoms with E-state index in [0.717, 1.165) is 89.9 Å². The van der Waals surface area contributed by atoms with Gasteiger partial charge in [-0.15, -0.1) is 6.58 Å². The van der Waals surface area contributed by atoms with Crippen LogP contribution in [0.2, 0.25) is 0 Å². The molecule has 3 amide bonds. The summed E-state index contributed by atoms with van der Waals surface area (Å²) in [5.74, 6) is -2.36. The molecule has 4 unspecified atom stereocenters. The smallest absolute Gasteiger partial charge is 0.416 e. The fourth-order valence-electron chi connectivity index (χ4n) is 12.8. The third-order valence-electron chi connectivity index (χ3n) is 14.6. The first-order chi connectivity index (χ1) is 26.4.